The molecule has 1 aromatic rings. The number of likely N-dealkylation sites (tertiary alicyclic amines) is 1. The van der Waals surface area contributed by atoms with Gasteiger partial charge in [0.1, 0.15) is 0 Å². The molecule has 1 fully saturated rings. The van der Waals surface area contributed by atoms with Crippen LogP contribution in [0.3, 0.4) is 0 Å². The molecule has 166 valence electrons. The van der Waals surface area contributed by atoms with E-state index in [0.29, 0.717) is 32.8 Å². The molecule has 0 aliphatic carbocycles. The van der Waals surface area contributed by atoms with Crippen LogP contribution >= 0.6 is 24.0 Å². The van der Waals surface area contributed by atoms with Gasteiger partial charge in [-0.3, -0.25) is 9.89 Å². The van der Waals surface area contributed by atoms with Crippen LogP contribution in [0, 0.1) is 5.92 Å². The fourth-order valence-electron chi connectivity index (χ4n) is 3.43. The Morgan fingerprint density at radius 2 is 2.03 bits per heavy atom. The monoisotopic (exact) mass is 528 g/mol. The average molecular weight is 528 g/mol. The van der Waals surface area contributed by atoms with Crippen LogP contribution in [0.25, 0.3) is 0 Å². The summed E-state index contributed by atoms with van der Waals surface area (Å²) in [5.74, 6) is 1.000. The van der Waals surface area contributed by atoms with E-state index in [4.69, 9.17) is 4.74 Å². The van der Waals surface area contributed by atoms with Crippen LogP contribution in [-0.2, 0) is 11.3 Å². The molecule has 9 heteroatoms. The Morgan fingerprint density at radius 3 is 2.66 bits per heavy atom. The van der Waals surface area contributed by atoms with E-state index in [2.05, 4.69) is 15.2 Å². The Balaban J connectivity index is 0.00000420. The summed E-state index contributed by atoms with van der Waals surface area (Å²) in [6.45, 7) is 5.08. The standard InChI is InChI=1S/C20H31F3N4O.HI/c1-3-26(16-20(21,22)23)13-18-9-11-27(14-18)19(24-2)25-10-12-28-15-17-7-5-4-6-8-17;/h4-8,18H,3,9-16H2,1-2H3,(H,24,25);1H. The lowest BCUT2D eigenvalue weighted by Gasteiger charge is -2.26. The normalized spacial score (nSPS) is 17.5. The van der Waals surface area contributed by atoms with E-state index < -0.39 is 12.7 Å². The third kappa shape index (κ3) is 9.99. The molecule has 1 N–H and O–H groups in total. The minimum absolute atomic E-state index is 0. The van der Waals surface area contributed by atoms with Gasteiger partial charge in [0, 0.05) is 33.2 Å². The maximum absolute atomic E-state index is 12.6. The molecule has 0 spiro atoms. The summed E-state index contributed by atoms with van der Waals surface area (Å²) in [7, 11) is 1.72. The zero-order chi connectivity index (χ0) is 20.4. The number of hydrogen-bond acceptors (Lipinski definition) is 3. The smallest absolute Gasteiger partial charge is 0.375 e. The lowest BCUT2D eigenvalue weighted by Crippen LogP contribution is -2.42. The van der Waals surface area contributed by atoms with Gasteiger partial charge in [-0.25, -0.2) is 0 Å². The Hall–Kier alpha value is -1.07. The molecule has 0 bridgehead atoms. The van der Waals surface area contributed by atoms with Gasteiger partial charge in [0.05, 0.1) is 19.8 Å². The summed E-state index contributed by atoms with van der Waals surface area (Å²) in [6, 6.07) is 9.99. The molecule has 1 aromatic carbocycles. The van der Waals surface area contributed by atoms with Crippen molar-refractivity contribution in [2.45, 2.75) is 26.1 Å². The molecule has 1 saturated heterocycles. The van der Waals surface area contributed by atoms with Gasteiger partial charge in [-0.2, -0.15) is 13.2 Å². The molecule has 0 saturated carbocycles. The fourth-order valence-corrected chi connectivity index (χ4v) is 3.43. The summed E-state index contributed by atoms with van der Waals surface area (Å²) >= 11 is 0. The summed E-state index contributed by atoms with van der Waals surface area (Å²) < 4.78 is 43.6. The first-order valence-corrected chi connectivity index (χ1v) is 9.77. The maximum Gasteiger partial charge on any atom is 0.401 e. The van der Waals surface area contributed by atoms with Gasteiger partial charge in [0.2, 0.25) is 0 Å². The van der Waals surface area contributed by atoms with Crippen molar-refractivity contribution < 1.29 is 17.9 Å². The maximum atomic E-state index is 12.6. The molecule has 0 amide bonds. The zero-order valence-electron chi connectivity index (χ0n) is 17.1. The Labute approximate surface area is 188 Å². The number of hydrogen-bond donors (Lipinski definition) is 1. The average Bonchev–Trinajstić information content (AvgIpc) is 3.12. The van der Waals surface area contributed by atoms with Crippen molar-refractivity contribution in [2.75, 3.05) is 52.9 Å². The van der Waals surface area contributed by atoms with Crippen molar-refractivity contribution in [2.24, 2.45) is 10.9 Å². The van der Waals surface area contributed by atoms with E-state index >= 15 is 0 Å². The first-order valence-electron chi connectivity index (χ1n) is 9.77. The molecular formula is C20H32F3IN4O. The molecule has 29 heavy (non-hydrogen) atoms. The summed E-state index contributed by atoms with van der Waals surface area (Å²) in [6.07, 6.45) is -3.27. The third-order valence-electron chi connectivity index (χ3n) is 4.80. The highest BCUT2D eigenvalue weighted by atomic mass is 127. The highest BCUT2D eigenvalue weighted by molar-refractivity contribution is 14.0. The van der Waals surface area contributed by atoms with Crippen LogP contribution in [0.15, 0.2) is 35.3 Å². The molecule has 1 unspecified atom stereocenters. The fraction of sp³-hybridized carbons (Fsp3) is 0.650. The molecular weight excluding hydrogens is 496 g/mol. The first kappa shape index (κ1) is 26.0. The summed E-state index contributed by atoms with van der Waals surface area (Å²) in [5.41, 5.74) is 1.13. The van der Waals surface area contributed by atoms with E-state index in [0.717, 1.165) is 31.0 Å². The lowest BCUT2D eigenvalue weighted by molar-refractivity contribution is -0.146. The predicted molar refractivity (Wildman–Crippen MR) is 121 cm³/mol. The highest BCUT2D eigenvalue weighted by Gasteiger charge is 2.32. The van der Waals surface area contributed by atoms with E-state index in [1.165, 1.54) is 4.90 Å². The molecule has 2 rings (SSSR count). The van der Waals surface area contributed by atoms with Gasteiger partial charge in [-0.05, 0) is 24.4 Å². The molecule has 1 aliphatic heterocycles. The van der Waals surface area contributed by atoms with Crippen molar-refractivity contribution in [1.29, 1.82) is 0 Å². The molecule has 0 aromatic heterocycles. The second-order valence-corrected chi connectivity index (χ2v) is 7.06. The zero-order valence-corrected chi connectivity index (χ0v) is 19.5. The van der Waals surface area contributed by atoms with Crippen molar-refractivity contribution in [3.8, 4) is 0 Å². The Bertz CT molecular complexity index is 601. The van der Waals surface area contributed by atoms with Crippen LogP contribution in [0.1, 0.15) is 18.9 Å². The number of nitrogens with zero attached hydrogens (tertiary/aromatic N) is 3. The topological polar surface area (TPSA) is 40.1 Å². The van der Waals surface area contributed by atoms with Gasteiger partial charge in [-0.15, -0.1) is 24.0 Å². The molecule has 1 aliphatic rings. The van der Waals surface area contributed by atoms with Gasteiger partial charge < -0.3 is 15.0 Å². The van der Waals surface area contributed by atoms with Crippen LogP contribution in [0.4, 0.5) is 13.2 Å². The number of benzene rings is 1. The van der Waals surface area contributed by atoms with Gasteiger partial charge in [0.15, 0.2) is 5.96 Å². The van der Waals surface area contributed by atoms with E-state index in [-0.39, 0.29) is 29.9 Å². The molecule has 1 atom stereocenters. The van der Waals surface area contributed by atoms with Crippen LogP contribution < -0.4 is 5.32 Å². The van der Waals surface area contributed by atoms with Crippen molar-refractivity contribution in [3.05, 3.63) is 35.9 Å². The van der Waals surface area contributed by atoms with Crippen LogP contribution in [0.5, 0.6) is 0 Å². The summed E-state index contributed by atoms with van der Waals surface area (Å²) in [5, 5.41) is 3.28. The SMILES string of the molecule is CCN(CC1CCN(C(=NC)NCCOCc2ccccc2)C1)CC(F)(F)F.I. The van der Waals surface area contributed by atoms with E-state index in [1.807, 2.05) is 30.3 Å². The number of aliphatic imine (C=N–C) groups is 1. The van der Waals surface area contributed by atoms with Crippen molar-refractivity contribution >= 4 is 29.9 Å². The molecule has 1 heterocycles. The first-order chi connectivity index (χ1) is 13.4. The number of ether oxygens (including phenoxy) is 1. The van der Waals surface area contributed by atoms with Gasteiger partial charge in [0.25, 0.3) is 0 Å². The highest BCUT2D eigenvalue weighted by Crippen LogP contribution is 2.21. The minimum atomic E-state index is -4.15. The quantitative estimate of drug-likeness (QED) is 0.230. The molecule has 5 nitrogen and oxygen atoms in total. The van der Waals surface area contributed by atoms with Crippen molar-refractivity contribution in [1.82, 2.24) is 15.1 Å². The Kier molecular flexibility index (Phi) is 11.9. The van der Waals surface area contributed by atoms with E-state index in [9.17, 15) is 13.2 Å². The third-order valence-corrected chi connectivity index (χ3v) is 4.80. The number of alkyl halides is 3. The van der Waals surface area contributed by atoms with E-state index in [1.54, 1.807) is 14.0 Å². The lowest BCUT2D eigenvalue weighted by atomic mass is 10.1. The van der Waals surface area contributed by atoms with Gasteiger partial charge >= 0.3 is 6.18 Å². The van der Waals surface area contributed by atoms with Gasteiger partial charge in [-0.1, -0.05) is 37.3 Å². The minimum Gasteiger partial charge on any atom is -0.375 e. The number of halogens is 4. The second-order valence-electron chi connectivity index (χ2n) is 7.06. The number of rotatable bonds is 9. The predicted octanol–water partition coefficient (Wildman–Crippen LogP) is 3.60. The second kappa shape index (κ2) is 13.3. The largest absolute Gasteiger partial charge is 0.401 e. The molecule has 0 radical (unpaired) electrons. The van der Waals surface area contributed by atoms with Crippen molar-refractivity contribution in [3.63, 3.8) is 0 Å². The number of guanidine groups is 1. The number of nitrogens with one attached hydrogen (secondary N) is 1. The van der Waals surface area contributed by atoms with Crippen LogP contribution in [0.2, 0.25) is 0 Å². The summed E-state index contributed by atoms with van der Waals surface area (Å²) in [4.78, 5) is 7.89. The Morgan fingerprint density at radius 1 is 1.31 bits per heavy atom. The van der Waals surface area contributed by atoms with Crippen LogP contribution in [-0.4, -0.2) is 74.9 Å².